The van der Waals surface area contributed by atoms with Crippen LogP contribution in [0.25, 0.3) is 10.8 Å². The van der Waals surface area contributed by atoms with E-state index in [9.17, 15) is 9.90 Å². The van der Waals surface area contributed by atoms with Crippen molar-refractivity contribution in [2.75, 3.05) is 6.79 Å². The average Bonchev–Trinajstić information content (AvgIpc) is 3.17. The SMILES string of the molecule is O=C(NNC(=S)NCc1ccc2c(c1)OCO2)c1cc2ccccc2cc1O. The largest absolute Gasteiger partial charge is 0.507 e. The summed E-state index contributed by atoms with van der Waals surface area (Å²) in [6.07, 6.45) is 0. The summed E-state index contributed by atoms with van der Waals surface area (Å²) in [5.41, 5.74) is 6.23. The number of carbonyl (C=O) groups excluding carboxylic acids is 1. The number of ether oxygens (including phenoxy) is 2. The monoisotopic (exact) mass is 395 g/mol. The van der Waals surface area contributed by atoms with Gasteiger partial charge in [0.2, 0.25) is 6.79 Å². The molecule has 4 N–H and O–H groups in total. The summed E-state index contributed by atoms with van der Waals surface area (Å²) in [5, 5.41) is 15.1. The number of aromatic hydroxyl groups is 1. The minimum atomic E-state index is -0.490. The molecule has 0 atom stereocenters. The molecule has 142 valence electrons. The van der Waals surface area contributed by atoms with Gasteiger partial charge < -0.3 is 19.9 Å². The van der Waals surface area contributed by atoms with Crippen LogP contribution in [0.1, 0.15) is 15.9 Å². The van der Waals surface area contributed by atoms with Gasteiger partial charge in [-0.15, -0.1) is 0 Å². The molecule has 28 heavy (non-hydrogen) atoms. The first kappa shape index (κ1) is 17.9. The summed E-state index contributed by atoms with van der Waals surface area (Å²) in [4.78, 5) is 12.4. The highest BCUT2D eigenvalue weighted by atomic mass is 32.1. The predicted molar refractivity (Wildman–Crippen MR) is 108 cm³/mol. The van der Waals surface area contributed by atoms with Crippen molar-refractivity contribution >= 4 is 34.0 Å². The normalized spacial score (nSPS) is 11.9. The summed E-state index contributed by atoms with van der Waals surface area (Å²) in [5.74, 6) is 0.817. The molecule has 0 aliphatic carbocycles. The number of hydrogen-bond donors (Lipinski definition) is 4. The van der Waals surface area contributed by atoms with E-state index in [1.165, 1.54) is 0 Å². The van der Waals surface area contributed by atoms with Gasteiger partial charge in [-0.2, -0.15) is 0 Å². The molecule has 0 aromatic heterocycles. The maximum absolute atomic E-state index is 12.4. The molecule has 7 nitrogen and oxygen atoms in total. The van der Waals surface area contributed by atoms with Gasteiger partial charge >= 0.3 is 0 Å². The van der Waals surface area contributed by atoms with Gasteiger partial charge in [-0.1, -0.05) is 30.3 Å². The van der Waals surface area contributed by atoms with Crippen LogP contribution in [-0.4, -0.2) is 22.9 Å². The van der Waals surface area contributed by atoms with Crippen LogP contribution in [0.2, 0.25) is 0 Å². The van der Waals surface area contributed by atoms with E-state index in [0.717, 1.165) is 16.3 Å². The van der Waals surface area contributed by atoms with Gasteiger partial charge in [-0.25, -0.2) is 0 Å². The standard InChI is InChI=1S/C20H17N3O4S/c24-16-9-14-4-2-1-3-13(14)8-15(16)19(25)22-23-20(28)21-10-12-5-6-17-18(7-12)27-11-26-17/h1-9,24H,10-11H2,(H,22,25)(H2,21,23,28). The zero-order valence-electron chi connectivity index (χ0n) is 14.7. The molecule has 0 bridgehead atoms. The van der Waals surface area contributed by atoms with Crippen molar-refractivity contribution in [3.05, 3.63) is 65.7 Å². The van der Waals surface area contributed by atoms with Crippen LogP contribution in [0.15, 0.2) is 54.6 Å². The van der Waals surface area contributed by atoms with Crippen LogP contribution in [0.4, 0.5) is 0 Å². The fourth-order valence-corrected chi connectivity index (χ4v) is 2.99. The van der Waals surface area contributed by atoms with Crippen molar-refractivity contribution < 1.29 is 19.4 Å². The van der Waals surface area contributed by atoms with Crippen molar-refractivity contribution in [2.45, 2.75) is 6.54 Å². The zero-order chi connectivity index (χ0) is 19.5. The Balaban J connectivity index is 1.33. The maximum atomic E-state index is 12.4. The lowest BCUT2D eigenvalue weighted by molar-refractivity contribution is 0.0941. The Labute approximate surface area is 166 Å². The van der Waals surface area contributed by atoms with Crippen LogP contribution in [0.3, 0.4) is 0 Å². The van der Waals surface area contributed by atoms with E-state index in [1.54, 1.807) is 12.1 Å². The fraction of sp³-hybridized carbons (Fsp3) is 0.100. The number of phenols is 1. The van der Waals surface area contributed by atoms with E-state index in [0.29, 0.717) is 18.0 Å². The Morgan fingerprint density at radius 3 is 2.57 bits per heavy atom. The first-order valence-electron chi connectivity index (χ1n) is 8.54. The molecule has 0 saturated heterocycles. The summed E-state index contributed by atoms with van der Waals surface area (Å²) in [6.45, 7) is 0.666. The predicted octanol–water partition coefficient (Wildman–Crippen LogP) is 2.58. The molecular formula is C20H17N3O4S. The summed E-state index contributed by atoms with van der Waals surface area (Å²) in [6, 6.07) is 16.3. The minimum absolute atomic E-state index is 0.0998. The van der Waals surface area contributed by atoms with E-state index in [2.05, 4.69) is 16.2 Å². The molecule has 0 fully saturated rings. The number of carbonyl (C=O) groups is 1. The van der Waals surface area contributed by atoms with E-state index < -0.39 is 5.91 Å². The lowest BCUT2D eigenvalue weighted by Gasteiger charge is -2.13. The maximum Gasteiger partial charge on any atom is 0.273 e. The Morgan fingerprint density at radius 1 is 1.00 bits per heavy atom. The number of rotatable bonds is 3. The topological polar surface area (TPSA) is 91.9 Å². The molecule has 1 aliphatic rings. The minimum Gasteiger partial charge on any atom is -0.507 e. The lowest BCUT2D eigenvalue weighted by atomic mass is 10.1. The van der Waals surface area contributed by atoms with Gasteiger partial charge in [0.25, 0.3) is 5.91 Å². The smallest absolute Gasteiger partial charge is 0.273 e. The first-order chi connectivity index (χ1) is 13.6. The molecule has 8 heteroatoms. The van der Waals surface area contributed by atoms with Crippen molar-refractivity contribution in [2.24, 2.45) is 0 Å². The molecule has 3 aromatic rings. The van der Waals surface area contributed by atoms with Crippen LogP contribution >= 0.6 is 12.2 Å². The van der Waals surface area contributed by atoms with Crippen LogP contribution in [0, 0.1) is 0 Å². The third-order valence-corrected chi connectivity index (χ3v) is 4.53. The van der Waals surface area contributed by atoms with E-state index in [1.807, 2.05) is 42.5 Å². The van der Waals surface area contributed by atoms with Crippen molar-refractivity contribution in [1.82, 2.24) is 16.2 Å². The molecule has 1 amide bonds. The zero-order valence-corrected chi connectivity index (χ0v) is 15.5. The van der Waals surface area contributed by atoms with E-state index in [4.69, 9.17) is 21.7 Å². The highest BCUT2D eigenvalue weighted by Gasteiger charge is 2.14. The summed E-state index contributed by atoms with van der Waals surface area (Å²) < 4.78 is 10.6. The molecule has 1 aliphatic heterocycles. The molecule has 0 unspecified atom stereocenters. The Morgan fingerprint density at radius 2 is 1.75 bits per heavy atom. The first-order valence-corrected chi connectivity index (χ1v) is 8.95. The summed E-state index contributed by atoms with van der Waals surface area (Å²) in [7, 11) is 0. The number of benzene rings is 3. The van der Waals surface area contributed by atoms with Crippen LogP contribution in [0.5, 0.6) is 17.2 Å². The fourth-order valence-electron chi connectivity index (χ4n) is 2.87. The van der Waals surface area contributed by atoms with Gasteiger partial charge in [0.1, 0.15) is 5.75 Å². The Bertz CT molecular complexity index is 1070. The van der Waals surface area contributed by atoms with Crippen LogP contribution in [-0.2, 0) is 6.54 Å². The number of nitrogens with one attached hydrogen (secondary N) is 3. The molecule has 1 heterocycles. The van der Waals surface area contributed by atoms with Gasteiger partial charge in [0.15, 0.2) is 16.6 Å². The number of amides is 1. The quantitative estimate of drug-likeness (QED) is 0.400. The third-order valence-electron chi connectivity index (χ3n) is 4.29. The van der Waals surface area contributed by atoms with Gasteiger partial charge in [-0.3, -0.25) is 15.6 Å². The molecular weight excluding hydrogens is 378 g/mol. The number of phenolic OH excluding ortho intramolecular Hbond substituents is 1. The Kier molecular flexibility index (Phi) is 4.86. The molecule has 0 saturated carbocycles. The number of hydrazine groups is 1. The second-order valence-corrected chi connectivity index (χ2v) is 6.57. The van der Waals surface area contributed by atoms with Crippen molar-refractivity contribution in [1.29, 1.82) is 0 Å². The van der Waals surface area contributed by atoms with E-state index >= 15 is 0 Å². The Hall–Kier alpha value is -3.52. The lowest BCUT2D eigenvalue weighted by Crippen LogP contribution is -2.46. The average molecular weight is 395 g/mol. The van der Waals surface area contributed by atoms with Gasteiger partial charge in [-0.05, 0) is 52.8 Å². The second kappa shape index (κ2) is 7.61. The molecule has 0 radical (unpaired) electrons. The number of hydrogen-bond acceptors (Lipinski definition) is 5. The summed E-state index contributed by atoms with van der Waals surface area (Å²) >= 11 is 5.18. The van der Waals surface area contributed by atoms with Crippen LogP contribution < -0.4 is 25.6 Å². The molecule has 4 rings (SSSR count). The molecule has 3 aromatic carbocycles. The molecule has 0 spiro atoms. The van der Waals surface area contributed by atoms with E-state index in [-0.39, 0.29) is 23.2 Å². The van der Waals surface area contributed by atoms with Crippen molar-refractivity contribution in [3.8, 4) is 17.2 Å². The number of thiocarbonyl (C=S) groups is 1. The number of fused-ring (bicyclic) bond motifs is 2. The van der Waals surface area contributed by atoms with Crippen molar-refractivity contribution in [3.63, 3.8) is 0 Å². The van der Waals surface area contributed by atoms with Gasteiger partial charge in [0.05, 0.1) is 5.56 Å². The highest BCUT2D eigenvalue weighted by Crippen LogP contribution is 2.32. The highest BCUT2D eigenvalue weighted by molar-refractivity contribution is 7.80. The second-order valence-electron chi connectivity index (χ2n) is 6.17. The third kappa shape index (κ3) is 3.77. The van der Waals surface area contributed by atoms with Gasteiger partial charge in [0, 0.05) is 6.54 Å².